The van der Waals surface area contributed by atoms with Crippen molar-refractivity contribution < 1.29 is 5.11 Å². The van der Waals surface area contributed by atoms with Crippen molar-refractivity contribution in [3.8, 4) is 0 Å². The van der Waals surface area contributed by atoms with Crippen LogP contribution in [0.3, 0.4) is 0 Å². The van der Waals surface area contributed by atoms with Crippen LogP contribution in [0.1, 0.15) is 38.2 Å². The molecule has 17 heavy (non-hydrogen) atoms. The predicted octanol–water partition coefficient (Wildman–Crippen LogP) is 1.51. The van der Waals surface area contributed by atoms with E-state index in [9.17, 15) is 5.11 Å². The van der Waals surface area contributed by atoms with Crippen molar-refractivity contribution in [1.82, 2.24) is 15.3 Å². The maximum Gasteiger partial charge on any atom is 0.115 e. The molecule has 2 rings (SSSR count). The number of nitrogens with zero attached hydrogens (tertiary/aromatic N) is 2. The minimum absolute atomic E-state index is 0.512. The maximum atomic E-state index is 10.4. The molecule has 94 valence electrons. The summed E-state index contributed by atoms with van der Waals surface area (Å²) in [7, 11) is 0. The van der Waals surface area contributed by atoms with Crippen molar-refractivity contribution in [1.29, 1.82) is 0 Å². The van der Waals surface area contributed by atoms with Crippen LogP contribution < -0.4 is 5.32 Å². The van der Waals surface area contributed by atoms with E-state index in [4.69, 9.17) is 0 Å². The standard InChI is InChI=1S/C13H21N3O/c1-11-2-4-13(17,5-3-11)9-14-6-12-7-15-10-16-8-12/h7-8,10-11,14,17H,2-6,9H2,1H3. The molecule has 0 aromatic carbocycles. The van der Waals surface area contributed by atoms with Crippen LogP contribution in [0.5, 0.6) is 0 Å². The molecule has 0 atom stereocenters. The number of hydrogen-bond acceptors (Lipinski definition) is 4. The average molecular weight is 235 g/mol. The zero-order valence-electron chi connectivity index (χ0n) is 10.4. The lowest BCUT2D eigenvalue weighted by molar-refractivity contribution is -0.00631. The van der Waals surface area contributed by atoms with E-state index in [0.29, 0.717) is 6.54 Å². The second-order valence-corrected chi connectivity index (χ2v) is 5.26. The maximum absolute atomic E-state index is 10.4. The van der Waals surface area contributed by atoms with E-state index >= 15 is 0 Å². The van der Waals surface area contributed by atoms with Gasteiger partial charge in [-0.2, -0.15) is 0 Å². The highest BCUT2D eigenvalue weighted by Gasteiger charge is 2.31. The molecule has 4 heteroatoms. The lowest BCUT2D eigenvalue weighted by atomic mass is 9.79. The highest BCUT2D eigenvalue weighted by molar-refractivity contribution is 5.01. The molecule has 0 amide bonds. The summed E-state index contributed by atoms with van der Waals surface area (Å²) in [6.07, 6.45) is 9.21. The van der Waals surface area contributed by atoms with E-state index in [2.05, 4.69) is 22.2 Å². The van der Waals surface area contributed by atoms with Gasteiger partial charge in [-0.3, -0.25) is 0 Å². The van der Waals surface area contributed by atoms with E-state index in [-0.39, 0.29) is 0 Å². The summed E-state index contributed by atoms with van der Waals surface area (Å²) >= 11 is 0. The second kappa shape index (κ2) is 5.56. The Labute approximate surface area is 102 Å². The molecule has 2 N–H and O–H groups in total. The van der Waals surface area contributed by atoms with Crippen LogP contribution in [-0.2, 0) is 6.54 Å². The van der Waals surface area contributed by atoms with Crippen molar-refractivity contribution >= 4 is 0 Å². The SMILES string of the molecule is CC1CCC(O)(CNCc2cncnc2)CC1. The fraction of sp³-hybridized carbons (Fsp3) is 0.692. The Morgan fingerprint density at radius 2 is 2.00 bits per heavy atom. The zero-order valence-corrected chi connectivity index (χ0v) is 10.4. The fourth-order valence-corrected chi connectivity index (χ4v) is 2.34. The molecule has 4 nitrogen and oxygen atoms in total. The van der Waals surface area contributed by atoms with Crippen molar-refractivity contribution in [2.75, 3.05) is 6.54 Å². The molecule has 0 saturated heterocycles. The lowest BCUT2D eigenvalue weighted by Gasteiger charge is -2.35. The van der Waals surface area contributed by atoms with Crippen LogP contribution in [-0.4, -0.2) is 27.2 Å². The molecule has 1 heterocycles. The van der Waals surface area contributed by atoms with Gasteiger partial charge in [0.2, 0.25) is 0 Å². The van der Waals surface area contributed by atoms with Crippen molar-refractivity contribution in [3.05, 3.63) is 24.3 Å². The third-order valence-corrected chi connectivity index (χ3v) is 3.60. The minimum Gasteiger partial charge on any atom is -0.389 e. The Hall–Kier alpha value is -1.00. The van der Waals surface area contributed by atoms with E-state index in [1.807, 2.05) is 0 Å². The van der Waals surface area contributed by atoms with Crippen LogP contribution >= 0.6 is 0 Å². The van der Waals surface area contributed by atoms with Crippen molar-refractivity contribution in [2.45, 2.75) is 44.8 Å². The molecule has 1 saturated carbocycles. The summed E-state index contributed by atoms with van der Waals surface area (Å²) < 4.78 is 0. The van der Waals surface area contributed by atoms with Crippen LogP contribution in [0.2, 0.25) is 0 Å². The average Bonchev–Trinajstić information content (AvgIpc) is 2.35. The minimum atomic E-state index is -0.512. The highest BCUT2D eigenvalue weighted by atomic mass is 16.3. The Morgan fingerprint density at radius 1 is 1.35 bits per heavy atom. The smallest absolute Gasteiger partial charge is 0.115 e. The van der Waals surface area contributed by atoms with Gasteiger partial charge in [0.1, 0.15) is 6.33 Å². The molecular weight excluding hydrogens is 214 g/mol. The van der Waals surface area contributed by atoms with Crippen molar-refractivity contribution in [3.63, 3.8) is 0 Å². The molecule has 0 aliphatic heterocycles. The van der Waals surface area contributed by atoms with Gasteiger partial charge in [-0.25, -0.2) is 9.97 Å². The first-order valence-electron chi connectivity index (χ1n) is 6.35. The number of hydrogen-bond donors (Lipinski definition) is 2. The molecule has 0 unspecified atom stereocenters. The van der Waals surface area contributed by atoms with Gasteiger partial charge in [0.15, 0.2) is 0 Å². The van der Waals surface area contributed by atoms with E-state index in [1.54, 1.807) is 12.4 Å². The first-order chi connectivity index (χ1) is 8.18. The van der Waals surface area contributed by atoms with Gasteiger partial charge in [-0.15, -0.1) is 0 Å². The summed E-state index contributed by atoms with van der Waals surface area (Å²) in [5.74, 6) is 0.762. The predicted molar refractivity (Wildman–Crippen MR) is 66.3 cm³/mol. The van der Waals surface area contributed by atoms with E-state index in [0.717, 1.165) is 43.7 Å². The summed E-state index contributed by atoms with van der Waals surface area (Å²) in [5, 5.41) is 13.7. The quantitative estimate of drug-likeness (QED) is 0.830. The number of aromatic nitrogens is 2. The molecule has 1 fully saturated rings. The van der Waals surface area contributed by atoms with Crippen LogP contribution in [0.25, 0.3) is 0 Å². The van der Waals surface area contributed by atoms with Crippen molar-refractivity contribution in [2.24, 2.45) is 5.92 Å². The molecular formula is C13H21N3O. The van der Waals surface area contributed by atoms with Gasteiger partial charge in [0, 0.05) is 31.0 Å². The molecule has 1 aliphatic carbocycles. The zero-order chi connectivity index (χ0) is 12.1. The topological polar surface area (TPSA) is 58.0 Å². The van der Waals surface area contributed by atoms with E-state index in [1.165, 1.54) is 6.33 Å². The normalized spacial score (nSPS) is 29.2. The van der Waals surface area contributed by atoms with Gasteiger partial charge in [-0.1, -0.05) is 6.92 Å². The summed E-state index contributed by atoms with van der Waals surface area (Å²) in [5.41, 5.74) is 0.544. The number of rotatable bonds is 4. The van der Waals surface area contributed by atoms with Gasteiger partial charge >= 0.3 is 0 Å². The number of nitrogens with one attached hydrogen (secondary N) is 1. The first-order valence-corrected chi connectivity index (χ1v) is 6.35. The molecule has 1 aromatic rings. The van der Waals surface area contributed by atoms with Crippen LogP contribution in [0.4, 0.5) is 0 Å². The first kappa shape index (κ1) is 12.5. The fourth-order valence-electron chi connectivity index (χ4n) is 2.34. The molecule has 0 radical (unpaired) electrons. The van der Waals surface area contributed by atoms with Gasteiger partial charge in [-0.05, 0) is 31.6 Å². The Kier molecular flexibility index (Phi) is 4.07. The third-order valence-electron chi connectivity index (χ3n) is 3.60. The summed E-state index contributed by atoms with van der Waals surface area (Å²) in [4.78, 5) is 7.93. The Morgan fingerprint density at radius 3 is 2.65 bits per heavy atom. The molecule has 1 aliphatic rings. The van der Waals surface area contributed by atoms with E-state index < -0.39 is 5.60 Å². The van der Waals surface area contributed by atoms with Crippen LogP contribution in [0.15, 0.2) is 18.7 Å². The summed E-state index contributed by atoms with van der Waals surface area (Å²) in [6, 6.07) is 0. The number of aliphatic hydroxyl groups is 1. The second-order valence-electron chi connectivity index (χ2n) is 5.26. The third kappa shape index (κ3) is 3.75. The lowest BCUT2D eigenvalue weighted by Crippen LogP contribution is -2.43. The Bertz CT molecular complexity index is 334. The molecule has 1 aromatic heterocycles. The van der Waals surface area contributed by atoms with Crippen LogP contribution in [0, 0.1) is 5.92 Å². The molecule has 0 spiro atoms. The molecule has 0 bridgehead atoms. The monoisotopic (exact) mass is 235 g/mol. The van der Waals surface area contributed by atoms with Gasteiger partial charge in [0.05, 0.1) is 5.60 Å². The van der Waals surface area contributed by atoms with Gasteiger partial charge in [0.25, 0.3) is 0 Å². The Balaban J connectivity index is 1.75. The van der Waals surface area contributed by atoms with Gasteiger partial charge < -0.3 is 10.4 Å². The highest BCUT2D eigenvalue weighted by Crippen LogP contribution is 2.31. The summed E-state index contributed by atoms with van der Waals surface area (Å²) in [6.45, 7) is 3.64. The largest absolute Gasteiger partial charge is 0.389 e.